The van der Waals surface area contributed by atoms with Crippen LogP contribution in [0.5, 0.6) is 0 Å². The molecule has 36 heavy (non-hydrogen) atoms. The Bertz CT molecular complexity index is 973. The molecule has 4 N–H and O–H groups in total. The van der Waals surface area contributed by atoms with Crippen LogP contribution in [-0.2, 0) is 10.0 Å². The monoisotopic (exact) mass is 526 g/mol. The maximum atomic E-state index is 12.1. The fourth-order valence-corrected chi connectivity index (χ4v) is 10.5. The summed E-state index contributed by atoms with van der Waals surface area (Å²) in [6.07, 6.45) is 8.31. The van der Waals surface area contributed by atoms with Crippen LogP contribution in [0.2, 0.25) is 0 Å². The van der Waals surface area contributed by atoms with E-state index in [0.717, 1.165) is 57.6 Å². The van der Waals surface area contributed by atoms with Gasteiger partial charge in [-0.1, -0.05) is 48.0 Å². The summed E-state index contributed by atoms with van der Waals surface area (Å²) < 4.78 is 24.9. The molecule has 208 valence electrons. The summed E-state index contributed by atoms with van der Waals surface area (Å²) in [5.41, 5.74) is 0.157. The van der Waals surface area contributed by atoms with Gasteiger partial charge >= 0.3 is 6.03 Å². The second kappa shape index (κ2) is 9.11. The zero-order chi connectivity index (χ0) is 26.9. The fraction of sp³-hybridized carbons (Fsp3) is 0.964. The maximum absolute atomic E-state index is 12.1. The zero-order valence-electron chi connectivity index (χ0n) is 23.4. The number of sulfonamides is 1. The van der Waals surface area contributed by atoms with E-state index in [1.807, 2.05) is 4.72 Å². The van der Waals surface area contributed by atoms with Crippen molar-refractivity contribution in [3.05, 3.63) is 0 Å². The number of carbonyl (C=O) groups is 1. The van der Waals surface area contributed by atoms with Gasteiger partial charge in [-0.15, -0.1) is 0 Å². The SMILES string of the molecule is CC[C@H]1[C@@H](O)C2[C@@H]3CC[C@](C)([C@H](C)CNC(=O)NS(C)(=O)=O)C3(C)CC[C@]2(C)[C@@]2(C)CC[C@@H](O)C[C@@H]12. The van der Waals surface area contributed by atoms with E-state index >= 15 is 0 Å². The molecule has 0 radical (unpaired) electrons. The molecule has 8 heteroatoms. The molecule has 0 saturated heterocycles. The quantitative estimate of drug-likeness (QED) is 0.427. The van der Waals surface area contributed by atoms with E-state index in [1.165, 1.54) is 0 Å². The van der Waals surface area contributed by atoms with Crippen molar-refractivity contribution in [1.82, 2.24) is 10.0 Å². The van der Waals surface area contributed by atoms with Gasteiger partial charge in [-0.2, -0.15) is 0 Å². The van der Waals surface area contributed by atoms with Gasteiger partial charge < -0.3 is 15.5 Å². The van der Waals surface area contributed by atoms with Crippen molar-refractivity contribution in [2.45, 2.75) is 105 Å². The first-order valence-electron chi connectivity index (χ1n) is 14.2. The Morgan fingerprint density at radius 3 is 2.22 bits per heavy atom. The van der Waals surface area contributed by atoms with Crippen LogP contribution in [-0.4, -0.2) is 49.7 Å². The average molecular weight is 527 g/mol. The number of carbonyl (C=O) groups excluding carboxylic acids is 1. The number of rotatable bonds is 5. The number of aliphatic hydroxyl groups excluding tert-OH is 2. The topological polar surface area (TPSA) is 116 Å². The Kier molecular flexibility index (Phi) is 7.13. The Morgan fingerprint density at radius 2 is 1.61 bits per heavy atom. The summed E-state index contributed by atoms with van der Waals surface area (Å²) in [6.45, 7) is 14.5. The van der Waals surface area contributed by atoms with Crippen LogP contribution in [0.3, 0.4) is 0 Å². The smallest absolute Gasteiger partial charge is 0.328 e. The molecular weight excluding hydrogens is 476 g/mol. The Labute approximate surface area is 218 Å². The molecule has 4 rings (SSSR count). The Balaban J connectivity index is 1.62. The molecule has 0 spiro atoms. The average Bonchev–Trinajstić information content (AvgIpc) is 3.05. The maximum Gasteiger partial charge on any atom is 0.328 e. The highest BCUT2D eigenvalue weighted by Gasteiger charge is 2.71. The minimum absolute atomic E-state index is 0.0285. The molecule has 11 atom stereocenters. The first-order chi connectivity index (χ1) is 16.5. The van der Waals surface area contributed by atoms with Crippen LogP contribution in [0.4, 0.5) is 4.79 Å². The van der Waals surface area contributed by atoms with E-state index in [2.05, 4.69) is 46.9 Å². The van der Waals surface area contributed by atoms with E-state index in [4.69, 9.17) is 0 Å². The van der Waals surface area contributed by atoms with Gasteiger partial charge in [-0.3, -0.25) is 0 Å². The second-order valence-electron chi connectivity index (χ2n) is 13.9. The van der Waals surface area contributed by atoms with E-state index in [-0.39, 0.29) is 51.6 Å². The lowest BCUT2D eigenvalue weighted by Gasteiger charge is -2.70. The fourth-order valence-electron chi connectivity index (χ4n) is 10.1. The number of fused-ring (bicyclic) bond motifs is 5. The van der Waals surface area contributed by atoms with Crippen LogP contribution in [0.15, 0.2) is 0 Å². The Hall–Kier alpha value is -0.860. The molecule has 0 aromatic rings. The lowest BCUT2D eigenvalue weighted by Crippen LogP contribution is -2.67. The van der Waals surface area contributed by atoms with Crippen molar-refractivity contribution in [3.63, 3.8) is 0 Å². The van der Waals surface area contributed by atoms with Crippen LogP contribution in [0.1, 0.15) is 92.9 Å². The molecule has 0 aliphatic heterocycles. The number of aliphatic hydroxyl groups is 2. The summed E-state index contributed by atoms with van der Waals surface area (Å²) >= 11 is 0. The lowest BCUT2D eigenvalue weighted by molar-refractivity contribution is -0.253. The van der Waals surface area contributed by atoms with Gasteiger partial charge in [0, 0.05) is 6.54 Å². The molecule has 4 aliphatic carbocycles. The van der Waals surface area contributed by atoms with Gasteiger partial charge in [0.05, 0.1) is 18.5 Å². The third-order valence-corrected chi connectivity index (χ3v) is 13.4. The molecular formula is C28H50N2O5S. The van der Waals surface area contributed by atoms with Gasteiger partial charge in [-0.05, 0) is 96.2 Å². The molecule has 2 unspecified atom stereocenters. The van der Waals surface area contributed by atoms with Crippen molar-refractivity contribution in [3.8, 4) is 0 Å². The van der Waals surface area contributed by atoms with Crippen molar-refractivity contribution in [2.75, 3.05) is 12.8 Å². The van der Waals surface area contributed by atoms with Crippen LogP contribution in [0, 0.1) is 51.2 Å². The predicted octanol–water partition coefficient (Wildman–Crippen LogP) is 4.29. The van der Waals surface area contributed by atoms with Crippen molar-refractivity contribution < 1.29 is 23.4 Å². The molecule has 0 aromatic carbocycles. The number of hydrogen-bond acceptors (Lipinski definition) is 5. The largest absolute Gasteiger partial charge is 0.393 e. The van der Waals surface area contributed by atoms with Gasteiger partial charge in [-0.25, -0.2) is 17.9 Å². The minimum Gasteiger partial charge on any atom is -0.393 e. The third kappa shape index (κ3) is 4.03. The standard InChI is InChI=1S/C28H50N2O5S/c1-8-19-21-15-18(31)9-11-26(21,4)28(6)14-13-27(5)20(22(28)23(19)32)10-12-25(27,3)17(2)16-29-24(33)30-36(7,34)35/h17-23,31-32H,8-16H2,1-7H3,(H2,29,30,33)/t17-,18-,19-,20+,21+,22?,23-,25-,26+,27?,28+/m1/s1. The van der Waals surface area contributed by atoms with Gasteiger partial charge in [0.1, 0.15) is 0 Å². The van der Waals surface area contributed by atoms with E-state index in [1.54, 1.807) is 0 Å². The van der Waals surface area contributed by atoms with Crippen LogP contribution >= 0.6 is 0 Å². The second-order valence-corrected chi connectivity index (χ2v) is 15.7. The normalized spacial score (nSPS) is 49.4. The van der Waals surface area contributed by atoms with Gasteiger partial charge in [0.15, 0.2) is 0 Å². The molecule has 4 fully saturated rings. The first-order valence-corrected chi connectivity index (χ1v) is 16.0. The van der Waals surface area contributed by atoms with Gasteiger partial charge in [0.25, 0.3) is 0 Å². The highest BCUT2D eigenvalue weighted by molar-refractivity contribution is 7.89. The number of amides is 2. The molecule has 4 aliphatic rings. The van der Waals surface area contributed by atoms with Gasteiger partial charge in [0.2, 0.25) is 10.0 Å². The number of hydrogen-bond donors (Lipinski definition) is 4. The highest BCUT2D eigenvalue weighted by atomic mass is 32.2. The van der Waals surface area contributed by atoms with Crippen molar-refractivity contribution >= 4 is 16.1 Å². The molecule has 7 nitrogen and oxygen atoms in total. The molecule has 0 bridgehead atoms. The highest BCUT2D eigenvalue weighted by Crippen LogP contribution is 2.76. The van der Waals surface area contributed by atoms with Crippen molar-refractivity contribution in [1.29, 1.82) is 0 Å². The summed E-state index contributed by atoms with van der Waals surface area (Å²) in [4.78, 5) is 12.1. The Morgan fingerprint density at radius 1 is 0.972 bits per heavy atom. The van der Waals surface area contributed by atoms with Crippen molar-refractivity contribution in [2.24, 2.45) is 51.2 Å². The molecule has 4 saturated carbocycles. The predicted molar refractivity (Wildman–Crippen MR) is 142 cm³/mol. The number of nitrogens with one attached hydrogen (secondary N) is 2. The zero-order valence-corrected chi connectivity index (χ0v) is 24.2. The molecule has 0 heterocycles. The van der Waals surface area contributed by atoms with Crippen LogP contribution < -0.4 is 10.0 Å². The summed E-state index contributed by atoms with van der Waals surface area (Å²) in [5, 5.41) is 25.4. The summed E-state index contributed by atoms with van der Waals surface area (Å²) in [6, 6.07) is -0.671. The molecule has 2 amide bonds. The summed E-state index contributed by atoms with van der Waals surface area (Å²) in [7, 11) is -3.60. The summed E-state index contributed by atoms with van der Waals surface area (Å²) in [5.74, 6) is 1.38. The van der Waals surface area contributed by atoms with E-state index < -0.39 is 16.1 Å². The minimum atomic E-state index is -3.60. The van der Waals surface area contributed by atoms with E-state index in [9.17, 15) is 23.4 Å². The lowest BCUT2D eigenvalue weighted by atomic mass is 9.35. The first kappa shape index (κ1) is 28.2. The molecule has 0 aromatic heterocycles. The number of urea groups is 1. The third-order valence-electron chi connectivity index (χ3n) is 12.8. The van der Waals surface area contributed by atoms with E-state index in [0.29, 0.717) is 18.4 Å². The van der Waals surface area contributed by atoms with Crippen LogP contribution in [0.25, 0.3) is 0 Å².